The molecule has 0 saturated carbocycles. The Balaban J connectivity index is 2.45. The van der Waals surface area contributed by atoms with Crippen LogP contribution in [0.5, 0.6) is 11.5 Å². The number of hydrogen-bond acceptors (Lipinski definition) is 4. The Hall–Kier alpha value is -2.46. The molecule has 0 atom stereocenters. The molecule has 24 heavy (non-hydrogen) atoms. The zero-order valence-electron chi connectivity index (χ0n) is 13.5. The van der Waals surface area contributed by atoms with Crippen molar-refractivity contribution < 1.29 is 19.4 Å². The van der Waals surface area contributed by atoms with E-state index < -0.39 is 5.97 Å². The maximum Gasteiger partial charge on any atom is 0.161 e. The van der Waals surface area contributed by atoms with Crippen molar-refractivity contribution in [2.24, 2.45) is 0 Å². The van der Waals surface area contributed by atoms with E-state index in [1.165, 1.54) is 6.08 Å². The van der Waals surface area contributed by atoms with Crippen molar-refractivity contribution in [3.8, 4) is 11.5 Å². The molecule has 2 rings (SSSR count). The fraction of sp³-hybridized carbons (Fsp3) is 0.211. The van der Waals surface area contributed by atoms with Gasteiger partial charge in [0, 0.05) is 10.6 Å². The van der Waals surface area contributed by atoms with Crippen molar-refractivity contribution in [3.05, 3.63) is 58.6 Å². The van der Waals surface area contributed by atoms with Crippen LogP contribution in [0, 0.1) is 0 Å². The second-order valence-electron chi connectivity index (χ2n) is 4.92. The molecular weight excluding hydrogens is 328 g/mol. The summed E-state index contributed by atoms with van der Waals surface area (Å²) in [4.78, 5) is 11.6. The van der Waals surface area contributed by atoms with Crippen LogP contribution in [-0.2, 0) is 4.79 Å². The van der Waals surface area contributed by atoms with E-state index in [2.05, 4.69) is 0 Å². The SMILES string of the molecule is CCOc1ccc(/C(=C/c2ccc(Cl)cc2)C(=O)[O-])cc1OCC. The van der Waals surface area contributed by atoms with Crippen molar-refractivity contribution in [1.82, 2.24) is 0 Å². The van der Waals surface area contributed by atoms with E-state index in [0.717, 1.165) is 0 Å². The molecule has 0 radical (unpaired) electrons. The highest BCUT2D eigenvalue weighted by Gasteiger charge is 2.10. The quantitative estimate of drug-likeness (QED) is 0.570. The Bertz CT molecular complexity index is 736. The van der Waals surface area contributed by atoms with Gasteiger partial charge in [-0.1, -0.05) is 29.8 Å². The fourth-order valence-electron chi connectivity index (χ4n) is 2.20. The number of hydrogen-bond donors (Lipinski definition) is 0. The molecule has 0 spiro atoms. The predicted molar refractivity (Wildman–Crippen MR) is 93.1 cm³/mol. The minimum Gasteiger partial charge on any atom is -0.545 e. The van der Waals surface area contributed by atoms with Gasteiger partial charge in [0.05, 0.1) is 19.2 Å². The zero-order chi connectivity index (χ0) is 17.5. The highest BCUT2D eigenvalue weighted by Crippen LogP contribution is 2.31. The highest BCUT2D eigenvalue weighted by molar-refractivity contribution is 6.30. The first-order chi connectivity index (χ1) is 11.5. The van der Waals surface area contributed by atoms with Crippen LogP contribution < -0.4 is 14.6 Å². The van der Waals surface area contributed by atoms with Crippen molar-refractivity contribution in [2.45, 2.75) is 13.8 Å². The van der Waals surface area contributed by atoms with E-state index in [1.54, 1.807) is 42.5 Å². The predicted octanol–water partition coefficient (Wildman–Crippen LogP) is 3.43. The number of rotatable bonds is 7. The Morgan fingerprint density at radius 1 is 1.04 bits per heavy atom. The Kier molecular flexibility index (Phi) is 6.27. The standard InChI is InChI=1S/C19H19ClO4/c1-3-23-17-10-7-14(12-18(17)24-4-2)16(19(21)22)11-13-5-8-15(20)9-6-13/h5-12H,3-4H2,1-2H3,(H,21,22)/p-1/b16-11-. The minimum absolute atomic E-state index is 0.0568. The molecule has 126 valence electrons. The van der Waals surface area contributed by atoms with Gasteiger partial charge in [0.15, 0.2) is 11.5 Å². The molecule has 0 amide bonds. The molecule has 0 aliphatic heterocycles. The molecule has 0 aliphatic rings. The lowest BCUT2D eigenvalue weighted by molar-refractivity contribution is -0.295. The molecule has 0 unspecified atom stereocenters. The molecule has 0 saturated heterocycles. The number of carbonyl (C=O) groups is 1. The molecule has 0 heterocycles. The van der Waals surface area contributed by atoms with E-state index >= 15 is 0 Å². The van der Waals surface area contributed by atoms with Gasteiger partial charge in [-0.25, -0.2) is 0 Å². The molecule has 2 aromatic carbocycles. The lowest BCUT2D eigenvalue weighted by Crippen LogP contribution is -2.23. The third-order valence-electron chi connectivity index (χ3n) is 3.26. The van der Waals surface area contributed by atoms with Gasteiger partial charge in [-0.2, -0.15) is 0 Å². The molecule has 5 heteroatoms. The summed E-state index contributed by atoms with van der Waals surface area (Å²) in [6, 6.07) is 11.9. The fourth-order valence-corrected chi connectivity index (χ4v) is 2.33. The molecule has 4 nitrogen and oxygen atoms in total. The first kappa shape index (κ1) is 17.9. The van der Waals surface area contributed by atoms with Crippen LogP contribution in [-0.4, -0.2) is 19.2 Å². The lowest BCUT2D eigenvalue weighted by atomic mass is 10.0. The molecule has 0 bridgehead atoms. The van der Waals surface area contributed by atoms with E-state index in [9.17, 15) is 9.90 Å². The summed E-state index contributed by atoms with van der Waals surface area (Å²) in [6.07, 6.45) is 1.54. The second-order valence-corrected chi connectivity index (χ2v) is 5.36. The summed E-state index contributed by atoms with van der Waals surface area (Å²) in [6.45, 7) is 4.67. The van der Waals surface area contributed by atoms with Crippen molar-refractivity contribution in [3.63, 3.8) is 0 Å². The Morgan fingerprint density at radius 3 is 2.25 bits per heavy atom. The summed E-state index contributed by atoms with van der Waals surface area (Å²) in [5.41, 5.74) is 1.25. The third-order valence-corrected chi connectivity index (χ3v) is 3.51. The molecule has 0 fully saturated rings. The van der Waals surface area contributed by atoms with Crippen LogP contribution in [0.25, 0.3) is 11.6 Å². The maximum atomic E-state index is 11.6. The topological polar surface area (TPSA) is 58.6 Å². The Morgan fingerprint density at radius 2 is 1.67 bits per heavy atom. The zero-order valence-corrected chi connectivity index (χ0v) is 14.3. The highest BCUT2D eigenvalue weighted by atomic mass is 35.5. The minimum atomic E-state index is -1.27. The number of carboxylic acid groups (broad SMARTS) is 1. The normalized spacial score (nSPS) is 11.2. The van der Waals surface area contributed by atoms with Crippen LogP contribution in [0.15, 0.2) is 42.5 Å². The molecule has 0 aromatic heterocycles. The molecule has 2 aromatic rings. The molecular formula is C19H18ClO4-. The van der Waals surface area contributed by atoms with E-state index in [-0.39, 0.29) is 5.57 Å². The van der Waals surface area contributed by atoms with E-state index in [0.29, 0.717) is 40.9 Å². The van der Waals surface area contributed by atoms with Crippen molar-refractivity contribution >= 4 is 29.2 Å². The van der Waals surface area contributed by atoms with E-state index in [4.69, 9.17) is 21.1 Å². The van der Waals surface area contributed by atoms with Crippen LogP contribution in [0.1, 0.15) is 25.0 Å². The number of carboxylic acids is 1. The van der Waals surface area contributed by atoms with Gasteiger partial charge in [-0.05, 0) is 55.3 Å². The second kappa shape index (κ2) is 8.41. The summed E-state index contributed by atoms with van der Waals surface area (Å²) < 4.78 is 11.0. The van der Waals surface area contributed by atoms with Crippen LogP contribution >= 0.6 is 11.6 Å². The van der Waals surface area contributed by atoms with Crippen LogP contribution in [0.2, 0.25) is 5.02 Å². The number of halogens is 1. The number of ether oxygens (including phenoxy) is 2. The van der Waals surface area contributed by atoms with Gasteiger partial charge in [0.25, 0.3) is 0 Å². The van der Waals surface area contributed by atoms with Crippen molar-refractivity contribution in [2.75, 3.05) is 13.2 Å². The summed E-state index contributed by atoms with van der Waals surface area (Å²) >= 11 is 5.85. The summed E-state index contributed by atoms with van der Waals surface area (Å²) in [5, 5.41) is 12.2. The smallest absolute Gasteiger partial charge is 0.161 e. The Labute approximate surface area is 146 Å². The first-order valence-electron chi connectivity index (χ1n) is 7.63. The third kappa shape index (κ3) is 4.52. The lowest BCUT2D eigenvalue weighted by Gasteiger charge is -2.15. The molecule has 0 aliphatic carbocycles. The van der Waals surface area contributed by atoms with Crippen molar-refractivity contribution in [1.29, 1.82) is 0 Å². The van der Waals surface area contributed by atoms with Gasteiger partial charge >= 0.3 is 0 Å². The largest absolute Gasteiger partial charge is 0.545 e. The number of carbonyl (C=O) groups excluding carboxylic acids is 1. The van der Waals surface area contributed by atoms with Gasteiger partial charge in [-0.3, -0.25) is 0 Å². The van der Waals surface area contributed by atoms with Gasteiger partial charge < -0.3 is 19.4 Å². The van der Waals surface area contributed by atoms with Crippen LogP contribution in [0.4, 0.5) is 0 Å². The maximum absolute atomic E-state index is 11.6. The summed E-state index contributed by atoms with van der Waals surface area (Å²) in [7, 11) is 0. The first-order valence-corrected chi connectivity index (χ1v) is 8.01. The van der Waals surface area contributed by atoms with Crippen LogP contribution in [0.3, 0.4) is 0 Å². The number of aliphatic carboxylic acids is 1. The number of benzene rings is 2. The monoisotopic (exact) mass is 345 g/mol. The van der Waals surface area contributed by atoms with Gasteiger partial charge in [-0.15, -0.1) is 0 Å². The summed E-state index contributed by atoms with van der Waals surface area (Å²) in [5.74, 6) is -0.191. The van der Waals surface area contributed by atoms with E-state index in [1.807, 2.05) is 13.8 Å². The van der Waals surface area contributed by atoms with Gasteiger partial charge in [0.1, 0.15) is 0 Å². The van der Waals surface area contributed by atoms with Gasteiger partial charge in [0.2, 0.25) is 0 Å². The molecule has 0 N–H and O–H groups in total. The average Bonchev–Trinajstić information content (AvgIpc) is 2.56. The average molecular weight is 346 g/mol.